The molecule has 2 aromatic carbocycles. The molecule has 29 heavy (non-hydrogen) atoms. The molecule has 0 atom stereocenters. The number of ether oxygens (including phenoxy) is 2. The lowest BCUT2D eigenvalue weighted by Gasteiger charge is -2.18. The molecule has 0 amide bonds. The smallest absolute Gasteiger partial charge is 0.246 e. The van der Waals surface area contributed by atoms with E-state index in [1.54, 1.807) is 40.1 Å². The van der Waals surface area contributed by atoms with Crippen LogP contribution in [-0.2, 0) is 23.2 Å². The number of aryl methyl sites for hydroxylation is 2. The number of rotatable bonds is 8. The zero-order valence-corrected chi connectivity index (χ0v) is 17.8. The fourth-order valence-electron chi connectivity index (χ4n) is 3.08. The van der Waals surface area contributed by atoms with E-state index in [9.17, 15) is 8.42 Å². The topological polar surface area (TPSA) is 84.5 Å². The van der Waals surface area contributed by atoms with E-state index in [1.165, 1.54) is 4.31 Å². The number of hydrogen-bond acceptors (Lipinski definition) is 5. The number of H-pyrrole nitrogens is 1. The third kappa shape index (κ3) is 4.60. The Balaban J connectivity index is 1.76. The van der Waals surface area contributed by atoms with E-state index in [0.717, 1.165) is 11.1 Å². The Morgan fingerprint density at radius 3 is 2.38 bits per heavy atom. The number of nitrogens with zero attached hydrogens (tertiary/aromatic N) is 2. The zero-order valence-electron chi connectivity index (χ0n) is 17.0. The van der Waals surface area contributed by atoms with E-state index in [1.807, 2.05) is 36.4 Å². The number of aromatic nitrogens is 2. The van der Waals surface area contributed by atoms with Gasteiger partial charge >= 0.3 is 0 Å². The van der Waals surface area contributed by atoms with Gasteiger partial charge in [-0.15, -0.1) is 0 Å². The standard InChI is InChI=1S/C21H25N3O4S/c1-15-21(16(2)23-22-15)29(25,26)24(3)13-18-10-11-19(20(12-18)27-4)28-14-17-8-6-5-7-9-17/h5-12H,13-14H2,1-4H3,(H,22,23). The lowest BCUT2D eigenvalue weighted by Crippen LogP contribution is -2.27. The minimum absolute atomic E-state index is 0.196. The number of methoxy groups -OCH3 is 1. The lowest BCUT2D eigenvalue weighted by molar-refractivity contribution is 0.284. The van der Waals surface area contributed by atoms with Crippen LogP contribution in [0.2, 0.25) is 0 Å². The third-order valence-corrected chi connectivity index (χ3v) is 6.67. The second-order valence-electron chi connectivity index (χ2n) is 6.78. The number of aromatic amines is 1. The van der Waals surface area contributed by atoms with E-state index >= 15 is 0 Å². The van der Waals surface area contributed by atoms with Gasteiger partial charge in [-0.3, -0.25) is 5.10 Å². The van der Waals surface area contributed by atoms with Crippen LogP contribution in [0.5, 0.6) is 11.5 Å². The number of sulfonamides is 1. The molecule has 3 aromatic rings. The quantitative estimate of drug-likeness (QED) is 0.609. The maximum Gasteiger partial charge on any atom is 0.246 e. The number of hydrogen-bond donors (Lipinski definition) is 1. The first kappa shape index (κ1) is 20.9. The summed E-state index contributed by atoms with van der Waals surface area (Å²) in [6, 6.07) is 15.3. The third-order valence-electron chi connectivity index (χ3n) is 4.60. The highest BCUT2D eigenvalue weighted by Gasteiger charge is 2.27. The molecule has 1 N–H and O–H groups in total. The monoisotopic (exact) mass is 415 g/mol. The molecular weight excluding hydrogens is 390 g/mol. The van der Waals surface area contributed by atoms with Gasteiger partial charge in [0.1, 0.15) is 11.5 Å². The summed E-state index contributed by atoms with van der Waals surface area (Å²) in [4.78, 5) is 0.217. The van der Waals surface area contributed by atoms with Gasteiger partial charge in [0.15, 0.2) is 11.5 Å². The highest BCUT2D eigenvalue weighted by atomic mass is 32.2. The molecule has 0 spiro atoms. The van der Waals surface area contributed by atoms with Gasteiger partial charge in [-0.25, -0.2) is 8.42 Å². The molecule has 154 valence electrons. The van der Waals surface area contributed by atoms with E-state index in [-0.39, 0.29) is 11.4 Å². The summed E-state index contributed by atoms with van der Waals surface area (Å²) >= 11 is 0. The van der Waals surface area contributed by atoms with E-state index in [4.69, 9.17) is 9.47 Å². The van der Waals surface area contributed by atoms with Crippen molar-refractivity contribution in [2.24, 2.45) is 0 Å². The molecule has 0 bridgehead atoms. The Kier molecular flexibility index (Phi) is 6.24. The summed E-state index contributed by atoms with van der Waals surface area (Å²) in [5.74, 6) is 1.16. The van der Waals surface area contributed by atoms with Crippen LogP contribution < -0.4 is 9.47 Å². The first-order chi connectivity index (χ1) is 13.8. The van der Waals surface area contributed by atoms with E-state index < -0.39 is 10.0 Å². The summed E-state index contributed by atoms with van der Waals surface area (Å²) < 4.78 is 38.5. The summed E-state index contributed by atoms with van der Waals surface area (Å²) in [7, 11) is -0.552. The van der Waals surface area contributed by atoms with Crippen molar-refractivity contribution in [1.82, 2.24) is 14.5 Å². The zero-order chi connectivity index (χ0) is 21.0. The average molecular weight is 416 g/mol. The molecule has 0 fully saturated rings. The Labute approximate surface area is 171 Å². The van der Waals surface area contributed by atoms with Crippen LogP contribution in [0, 0.1) is 13.8 Å². The molecule has 0 aliphatic heterocycles. The van der Waals surface area contributed by atoms with Gasteiger partial charge in [0.05, 0.1) is 18.5 Å². The fraction of sp³-hybridized carbons (Fsp3) is 0.286. The van der Waals surface area contributed by atoms with Crippen LogP contribution in [0.1, 0.15) is 22.5 Å². The molecule has 0 unspecified atom stereocenters. The van der Waals surface area contributed by atoms with Gasteiger partial charge in [0.25, 0.3) is 0 Å². The minimum atomic E-state index is -3.66. The molecular formula is C21H25N3O4S. The minimum Gasteiger partial charge on any atom is -0.493 e. The second-order valence-corrected chi connectivity index (χ2v) is 8.77. The first-order valence-corrected chi connectivity index (χ1v) is 10.6. The lowest BCUT2D eigenvalue weighted by atomic mass is 10.2. The highest BCUT2D eigenvalue weighted by molar-refractivity contribution is 7.89. The molecule has 0 aliphatic carbocycles. The van der Waals surface area contributed by atoms with Gasteiger partial charge < -0.3 is 9.47 Å². The van der Waals surface area contributed by atoms with Crippen molar-refractivity contribution in [2.75, 3.05) is 14.2 Å². The maximum atomic E-state index is 12.9. The first-order valence-electron chi connectivity index (χ1n) is 9.14. The molecule has 0 saturated heterocycles. The van der Waals surface area contributed by atoms with E-state index in [0.29, 0.717) is 29.5 Å². The summed E-state index contributed by atoms with van der Waals surface area (Å²) in [6.45, 7) is 3.99. The van der Waals surface area contributed by atoms with Crippen LogP contribution in [0.4, 0.5) is 0 Å². The molecule has 0 aliphatic rings. The second kappa shape index (κ2) is 8.67. The van der Waals surface area contributed by atoms with Crippen LogP contribution in [0.25, 0.3) is 0 Å². The predicted molar refractivity (Wildman–Crippen MR) is 110 cm³/mol. The van der Waals surface area contributed by atoms with Gasteiger partial charge in [-0.1, -0.05) is 36.4 Å². The molecule has 0 saturated carbocycles. The van der Waals surface area contributed by atoms with Crippen LogP contribution >= 0.6 is 0 Å². The largest absolute Gasteiger partial charge is 0.493 e. The average Bonchev–Trinajstić information content (AvgIpc) is 3.06. The van der Waals surface area contributed by atoms with Gasteiger partial charge in [-0.05, 0) is 37.1 Å². The van der Waals surface area contributed by atoms with Gasteiger partial charge in [-0.2, -0.15) is 9.40 Å². The van der Waals surface area contributed by atoms with Crippen molar-refractivity contribution in [1.29, 1.82) is 0 Å². The van der Waals surface area contributed by atoms with Crippen molar-refractivity contribution >= 4 is 10.0 Å². The fourth-order valence-corrected chi connectivity index (χ4v) is 4.57. The summed E-state index contributed by atoms with van der Waals surface area (Å²) in [5.41, 5.74) is 2.82. The van der Waals surface area contributed by atoms with Gasteiger partial charge in [0, 0.05) is 13.6 Å². The molecule has 0 radical (unpaired) electrons. The van der Waals surface area contributed by atoms with Crippen LogP contribution in [0.3, 0.4) is 0 Å². The Morgan fingerprint density at radius 2 is 1.76 bits per heavy atom. The summed E-state index contributed by atoms with van der Waals surface area (Å²) in [6.07, 6.45) is 0. The number of benzene rings is 2. The maximum absolute atomic E-state index is 12.9. The highest BCUT2D eigenvalue weighted by Crippen LogP contribution is 2.30. The van der Waals surface area contributed by atoms with Crippen molar-refractivity contribution in [3.05, 3.63) is 71.0 Å². The molecule has 8 heteroatoms. The molecule has 1 aromatic heterocycles. The Morgan fingerprint density at radius 1 is 1.03 bits per heavy atom. The molecule has 1 heterocycles. The molecule has 7 nitrogen and oxygen atoms in total. The Bertz CT molecular complexity index is 1060. The van der Waals surface area contributed by atoms with Gasteiger partial charge in [0.2, 0.25) is 10.0 Å². The number of nitrogens with one attached hydrogen (secondary N) is 1. The van der Waals surface area contributed by atoms with Crippen molar-refractivity contribution in [3.8, 4) is 11.5 Å². The molecule has 3 rings (SSSR count). The van der Waals surface area contributed by atoms with Crippen molar-refractivity contribution in [3.63, 3.8) is 0 Å². The SMILES string of the molecule is COc1cc(CN(C)S(=O)(=O)c2c(C)n[nH]c2C)ccc1OCc1ccccc1. The predicted octanol–water partition coefficient (Wildman–Crippen LogP) is 3.43. The van der Waals surface area contributed by atoms with E-state index in [2.05, 4.69) is 10.2 Å². The normalized spacial score (nSPS) is 11.6. The Hall–Kier alpha value is -2.84. The summed E-state index contributed by atoms with van der Waals surface area (Å²) in [5, 5.41) is 6.71. The van der Waals surface area contributed by atoms with Crippen molar-refractivity contribution in [2.45, 2.75) is 31.9 Å². The van der Waals surface area contributed by atoms with Crippen LogP contribution in [-0.4, -0.2) is 37.1 Å². The van der Waals surface area contributed by atoms with Crippen LogP contribution in [0.15, 0.2) is 53.4 Å². The van der Waals surface area contributed by atoms with Crippen molar-refractivity contribution < 1.29 is 17.9 Å².